The topological polar surface area (TPSA) is 89.8 Å². The largest absolute Gasteiger partial charge is 0.481 e. The molecule has 1 amide bonds. The highest BCUT2D eigenvalue weighted by molar-refractivity contribution is 6.54. The number of halogens is 6. The molecule has 232 valence electrons. The Balaban J connectivity index is 2.47. The van der Waals surface area contributed by atoms with Gasteiger partial charge in [0.25, 0.3) is 11.8 Å². The standard InChI is InChI=1S/C29H37F6N5O2/c1-7-17(3)25(39-26(42-6)22(8-2)29(33,34)35)38-15-23-18(4)13-28(31,32)16-40(23)27(41)24(36)21(14-37-5)19-10-9-11-20(30)12-19/h8-12,14,18,23,36-38H,7,13,15-16H2,1-6H3/b21-14-,22-8+,25-17-,36-24?,39-26+. The van der Waals surface area contributed by atoms with Crippen LogP contribution in [0, 0.1) is 17.1 Å². The Morgan fingerprint density at radius 3 is 2.50 bits per heavy atom. The molecule has 42 heavy (non-hydrogen) atoms. The van der Waals surface area contributed by atoms with E-state index in [9.17, 15) is 31.1 Å². The number of nitrogens with zero attached hydrogens (tertiary/aromatic N) is 2. The number of aliphatic imine (C=N–C) groups is 1. The fourth-order valence-electron chi connectivity index (χ4n) is 4.62. The molecule has 0 aromatic heterocycles. The van der Waals surface area contributed by atoms with Crippen molar-refractivity contribution < 1.29 is 35.9 Å². The molecule has 0 radical (unpaired) electrons. The van der Waals surface area contributed by atoms with E-state index in [1.165, 1.54) is 45.3 Å². The van der Waals surface area contributed by atoms with Gasteiger partial charge in [-0.2, -0.15) is 18.2 Å². The van der Waals surface area contributed by atoms with Gasteiger partial charge in [-0.15, -0.1) is 0 Å². The minimum atomic E-state index is -4.73. The van der Waals surface area contributed by atoms with Gasteiger partial charge in [-0.1, -0.05) is 32.1 Å². The number of ether oxygens (including phenoxy) is 1. The summed E-state index contributed by atoms with van der Waals surface area (Å²) in [5, 5.41) is 14.2. The van der Waals surface area contributed by atoms with Crippen LogP contribution < -0.4 is 10.6 Å². The molecule has 1 aromatic carbocycles. The van der Waals surface area contributed by atoms with Crippen molar-refractivity contribution in [2.75, 3.05) is 27.2 Å². The number of hydrogen-bond acceptors (Lipinski definition) is 6. The number of nitrogens with one attached hydrogen (secondary N) is 3. The molecule has 2 atom stereocenters. The highest BCUT2D eigenvalue weighted by atomic mass is 19.4. The average Bonchev–Trinajstić information content (AvgIpc) is 2.91. The average molecular weight is 602 g/mol. The Morgan fingerprint density at radius 2 is 1.98 bits per heavy atom. The Morgan fingerprint density at radius 1 is 1.31 bits per heavy atom. The van der Waals surface area contributed by atoms with E-state index in [1.54, 1.807) is 13.8 Å². The number of allylic oxidation sites excluding steroid dienone is 2. The zero-order valence-corrected chi connectivity index (χ0v) is 24.4. The fourth-order valence-corrected chi connectivity index (χ4v) is 4.62. The van der Waals surface area contributed by atoms with Gasteiger partial charge in [-0.25, -0.2) is 13.2 Å². The van der Waals surface area contributed by atoms with Crippen LogP contribution in [0.2, 0.25) is 0 Å². The molecule has 1 fully saturated rings. The molecule has 2 rings (SSSR count). The Kier molecular flexibility index (Phi) is 11.8. The van der Waals surface area contributed by atoms with Crippen LogP contribution in [0.5, 0.6) is 0 Å². The number of alkyl halides is 5. The SMILES string of the molecule is C\C=C(/C(=N\C(NCC1C(C)CC(F)(F)CN1C(=O)C(=N)/C(=C\NC)c1cccc(F)c1)=C(\C)CC)OC)C(F)(F)F. The predicted molar refractivity (Wildman–Crippen MR) is 151 cm³/mol. The number of rotatable bonds is 10. The van der Waals surface area contributed by atoms with Crippen molar-refractivity contribution in [1.82, 2.24) is 15.5 Å². The van der Waals surface area contributed by atoms with Crippen LogP contribution in [-0.4, -0.2) is 67.8 Å². The van der Waals surface area contributed by atoms with E-state index >= 15 is 0 Å². The monoisotopic (exact) mass is 601 g/mol. The zero-order chi connectivity index (χ0) is 31.8. The number of methoxy groups -OCH3 is 1. The minimum Gasteiger partial charge on any atom is -0.481 e. The lowest BCUT2D eigenvalue weighted by Gasteiger charge is -2.43. The second kappa shape index (κ2) is 14.4. The van der Waals surface area contributed by atoms with Crippen molar-refractivity contribution in [1.29, 1.82) is 5.41 Å². The van der Waals surface area contributed by atoms with E-state index in [2.05, 4.69) is 15.6 Å². The van der Waals surface area contributed by atoms with Crippen molar-refractivity contribution in [3.05, 3.63) is 64.9 Å². The maximum atomic E-state index is 14.7. The third kappa shape index (κ3) is 8.62. The number of carbonyl (C=O) groups is 1. The van der Waals surface area contributed by atoms with Crippen molar-refractivity contribution >= 4 is 23.1 Å². The lowest BCUT2D eigenvalue weighted by molar-refractivity contribution is -0.145. The van der Waals surface area contributed by atoms with Crippen LogP contribution in [0.25, 0.3) is 5.57 Å². The summed E-state index contributed by atoms with van der Waals surface area (Å²) in [6.45, 7) is 5.02. The lowest BCUT2D eigenvalue weighted by Crippen LogP contribution is -2.59. The van der Waals surface area contributed by atoms with E-state index in [0.29, 0.717) is 12.0 Å². The molecule has 7 nitrogen and oxygen atoms in total. The number of likely N-dealkylation sites (tertiary alicyclic amines) is 1. The van der Waals surface area contributed by atoms with Crippen molar-refractivity contribution in [2.24, 2.45) is 10.9 Å². The van der Waals surface area contributed by atoms with Gasteiger partial charge < -0.3 is 20.3 Å². The number of hydrogen-bond donors (Lipinski definition) is 3. The molecule has 13 heteroatoms. The summed E-state index contributed by atoms with van der Waals surface area (Å²) < 4.78 is 89.0. The molecule has 1 aliphatic heterocycles. The Labute approximate surface area is 241 Å². The molecule has 3 N–H and O–H groups in total. The van der Waals surface area contributed by atoms with Crippen LogP contribution in [0.15, 0.2) is 58.5 Å². The highest BCUT2D eigenvalue weighted by Gasteiger charge is 2.47. The summed E-state index contributed by atoms with van der Waals surface area (Å²) in [7, 11) is 2.57. The van der Waals surface area contributed by atoms with Gasteiger partial charge in [0.05, 0.1) is 19.7 Å². The summed E-state index contributed by atoms with van der Waals surface area (Å²) in [6.07, 6.45) is -2.75. The third-order valence-electron chi connectivity index (χ3n) is 6.89. The van der Waals surface area contributed by atoms with Crippen LogP contribution in [-0.2, 0) is 9.53 Å². The molecule has 0 aliphatic carbocycles. The van der Waals surface area contributed by atoms with Crippen LogP contribution in [0.4, 0.5) is 26.3 Å². The number of piperidine rings is 1. The number of carbonyl (C=O) groups excluding carboxylic acids is 1. The first-order valence-corrected chi connectivity index (χ1v) is 13.3. The van der Waals surface area contributed by atoms with E-state index in [1.807, 2.05) is 0 Å². The molecule has 0 saturated carbocycles. The normalized spacial score (nSPS) is 20.6. The molecular weight excluding hydrogens is 564 g/mol. The first-order valence-electron chi connectivity index (χ1n) is 13.3. The third-order valence-corrected chi connectivity index (χ3v) is 6.89. The summed E-state index contributed by atoms with van der Waals surface area (Å²) in [4.78, 5) is 18.6. The van der Waals surface area contributed by atoms with Gasteiger partial charge in [-0.05, 0) is 49.5 Å². The van der Waals surface area contributed by atoms with Crippen LogP contribution >= 0.6 is 0 Å². The van der Waals surface area contributed by atoms with Crippen LogP contribution in [0.3, 0.4) is 0 Å². The van der Waals surface area contributed by atoms with E-state index in [-0.39, 0.29) is 23.5 Å². The van der Waals surface area contributed by atoms with E-state index < -0.39 is 65.9 Å². The first-order chi connectivity index (χ1) is 19.6. The van der Waals surface area contributed by atoms with Gasteiger partial charge >= 0.3 is 6.18 Å². The van der Waals surface area contributed by atoms with Crippen molar-refractivity contribution in [3.63, 3.8) is 0 Å². The molecule has 1 heterocycles. The fraction of sp³-hybridized carbons (Fsp3) is 0.483. The summed E-state index contributed by atoms with van der Waals surface area (Å²) in [6, 6.07) is 4.30. The molecular formula is C29H37F6N5O2. The number of amides is 1. The van der Waals surface area contributed by atoms with Crippen LogP contribution in [0.1, 0.15) is 46.1 Å². The molecule has 0 spiro atoms. The molecule has 1 aromatic rings. The first kappa shape index (κ1) is 34.4. The van der Waals surface area contributed by atoms with E-state index in [4.69, 9.17) is 10.1 Å². The Bertz CT molecular complexity index is 1270. The quantitative estimate of drug-likeness (QED) is 0.173. The summed E-state index contributed by atoms with van der Waals surface area (Å²) in [5.41, 5.74) is -0.966. The number of benzene rings is 1. The van der Waals surface area contributed by atoms with Crippen molar-refractivity contribution in [3.8, 4) is 0 Å². The van der Waals surface area contributed by atoms with Gasteiger partial charge in [0.15, 0.2) is 0 Å². The molecule has 0 bridgehead atoms. The van der Waals surface area contributed by atoms with Gasteiger partial charge in [0.2, 0.25) is 5.90 Å². The van der Waals surface area contributed by atoms with E-state index in [0.717, 1.165) is 24.2 Å². The Hall–Kier alpha value is -3.77. The molecule has 1 aliphatic rings. The maximum Gasteiger partial charge on any atom is 0.421 e. The molecule has 1 saturated heterocycles. The zero-order valence-electron chi connectivity index (χ0n) is 24.4. The highest BCUT2D eigenvalue weighted by Crippen LogP contribution is 2.35. The molecule has 2 unspecified atom stereocenters. The maximum absolute atomic E-state index is 14.7. The lowest BCUT2D eigenvalue weighted by atomic mass is 9.87. The summed E-state index contributed by atoms with van der Waals surface area (Å²) >= 11 is 0. The predicted octanol–water partition coefficient (Wildman–Crippen LogP) is 6.06. The minimum absolute atomic E-state index is 0.00182. The van der Waals surface area contributed by atoms with Gasteiger partial charge in [-0.3, -0.25) is 10.2 Å². The van der Waals surface area contributed by atoms with Gasteiger partial charge in [0.1, 0.15) is 22.9 Å². The van der Waals surface area contributed by atoms with Crippen molar-refractivity contribution in [2.45, 2.75) is 58.7 Å². The van der Waals surface area contributed by atoms with Gasteiger partial charge in [0, 0.05) is 31.8 Å². The second-order valence-corrected chi connectivity index (χ2v) is 9.95. The smallest absolute Gasteiger partial charge is 0.421 e. The summed E-state index contributed by atoms with van der Waals surface area (Å²) in [5.74, 6) is -6.27. The second-order valence-electron chi connectivity index (χ2n) is 9.95.